The van der Waals surface area contributed by atoms with Crippen LogP contribution in [0.5, 0.6) is 5.75 Å². The van der Waals surface area contributed by atoms with Gasteiger partial charge in [-0.15, -0.1) is 0 Å². The maximum absolute atomic E-state index is 13.2. The molecule has 2 aromatic carbocycles. The van der Waals surface area contributed by atoms with Gasteiger partial charge >= 0.3 is 12.1 Å². The van der Waals surface area contributed by atoms with E-state index in [1.807, 2.05) is 0 Å². The van der Waals surface area contributed by atoms with Gasteiger partial charge in [0.25, 0.3) is 0 Å². The third-order valence-corrected chi connectivity index (χ3v) is 6.10. The molecule has 0 spiro atoms. The van der Waals surface area contributed by atoms with Gasteiger partial charge < -0.3 is 9.64 Å². The van der Waals surface area contributed by atoms with Crippen LogP contribution in [0.3, 0.4) is 0 Å². The lowest BCUT2D eigenvalue weighted by Gasteiger charge is -2.31. The van der Waals surface area contributed by atoms with Crippen LogP contribution in [0.25, 0.3) is 0 Å². The Morgan fingerprint density at radius 2 is 1.79 bits per heavy atom. The fourth-order valence-corrected chi connectivity index (χ4v) is 4.47. The standard InChI is InChI=1S/C20H20F3NO4S/c1-28-17-11-15-10-16(13-6-4-3-5-7-13)24(19(25)20(21,22)23)9-8-14(15)12-18(17)29(2,26)27/h3-7,11-12,16H,8-10H2,1-2H3. The van der Waals surface area contributed by atoms with Crippen molar-refractivity contribution < 1.29 is 31.1 Å². The first-order valence-corrected chi connectivity index (χ1v) is 10.7. The summed E-state index contributed by atoms with van der Waals surface area (Å²) in [5.74, 6) is -1.77. The van der Waals surface area contributed by atoms with Gasteiger partial charge in [0, 0.05) is 12.8 Å². The van der Waals surface area contributed by atoms with Gasteiger partial charge in [-0.2, -0.15) is 13.2 Å². The number of halogens is 3. The van der Waals surface area contributed by atoms with Gasteiger partial charge in [-0.25, -0.2) is 8.42 Å². The molecule has 1 aliphatic rings. The molecule has 0 radical (unpaired) electrons. The van der Waals surface area contributed by atoms with E-state index in [-0.39, 0.29) is 30.0 Å². The van der Waals surface area contributed by atoms with E-state index >= 15 is 0 Å². The molecule has 1 amide bonds. The SMILES string of the molecule is COc1cc2c(cc1S(C)(=O)=O)CCN(C(=O)C(F)(F)F)C(c1ccccc1)C2. The average molecular weight is 427 g/mol. The van der Waals surface area contributed by atoms with E-state index in [9.17, 15) is 26.4 Å². The summed E-state index contributed by atoms with van der Waals surface area (Å²) in [5, 5.41) is 0. The molecule has 5 nitrogen and oxygen atoms in total. The number of amides is 1. The number of alkyl halides is 3. The van der Waals surface area contributed by atoms with Crippen LogP contribution in [0.2, 0.25) is 0 Å². The summed E-state index contributed by atoms with van der Waals surface area (Å²) in [4.78, 5) is 12.9. The summed E-state index contributed by atoms with van der Waals surface area (Å²) in [7, 11) is -2.26. The summed E-state index contributed by atoms with van der Waals surface area (Å²) in [6.07, 6.45) is -3.74. The summed E-state index contributed by atoms with van der Waals surface area (Å²) >= 11 is 0. The monoisotopic (exact) mass is 427 g/mol. The van der Waals surface area contributed by atoms with E-state index in [1.54, 1.807) is 36.4 Å². The summed E-state index contributed by atoms with van der Waals surface area (Å²) in [6, 6.07) is 10.6. The highest BCUT2D eigenvalue weighted by Gasteiger charge is 2.45. The van der Waals surface area contributed by atoms with Gasteiger partial charge in [0.15, 0.2) is 9.84 Å². The molecule has 0 bridgehead atoms. The number of rotatable bonds is 3. The summed E-state index contributed by atoms with van der Waals surface area (Å²) in [5.41, 5.74) is 1.81. The molecule has 29 heavy (non-hydrogen) atoms. The van der Waals surface area contributed by atoms with E-state index in [0.29, 0.717) is 16.7 Å². The van der Waals surface area contributed by atoms with Gasteiger partial charge in [0.1, 0.15) is 10.6 Å². The molecular formula is C20H20F3NO4S. The maximum atomic E-state index is 13.2. The van der Waals surface area contributed by atoms with Crippen LogP contribution in [-0.2, 0) is 27.5 Å². The van der Waals surface area contributed by atoms with Gasteiger partial charge in [-0.05, 0) is 41.7 Å². The van der Waals surface area contributed by atoms with Crippen LogP contribution in [-0.4, -0.2) is 45.3 Å². The number of hydrogen-bond donors (Lipinski definition) is 0. The van der Waals surface area contributed by atoms with Crippen molar-refractivity contribution in [2.45, 2.75) is 30.0 Å². The molecule has 0 saturated carbocycles. The normalized spacial score (nSPS) is 17.4. The van der Waals surface area contributed by atoms with Crippen molar-refractivity contribution in [1.29, 1.82) is 0 Å². The average Bonchev–Trinajstić information content (AvgIpc) is 2.84. The van der Waals surface area contributed by atoms with Crippen molar-refractivity contribution in [3.8, 4) is 5.75 Å². The predicted octanol–water partition coefficient (Wildman–Crippen LogP) is 3.33. The third kappa shape index (κ3) is 4.39. The molecule has 1 heterocycles. The number of carbonyl (C=O) groups is 1. The lowest BCUT2D eigenvalue weighted by atomic mass is 9.95. The number of fused-ring (bicyclic) bond motifs is 1. The number of ether oxygens (including phenoxy) is 1. The molecule has 9 heteroatoms. The predicted molar refractivity (Wildman–Crippen MR) is 100 cm³/mol. The Balaban J connectivity index is 2.13. The first-order valence-electron chi connectivity index (χ1n) is 8.85. The van der Waals surface area contributed by atoms with E-state index < -0.39 is 28.0 Å². The topological polar surface area (TPSA) is 63.7 Å². The van der Waals surface area contributed by atoms with Crippen molar-refractivity contribution >= 4 is 15.7 Å². The van der Waals surface area contributed by atoms with E-state index in [2.05, 4.69) is 0 Å². The van der Waals surface area contributed by atoms with Crippen LogP contribution in [0.1, 0.15) is 22.7 Å². The molecule has 0 fully saturated rings. The first kappa shape index (κ1) is 21.2. The smallest absolute Gasteiger partial charge is 0.471 e. The molecule has 156 valence electrons. The molecule has 0 aromatic heterocycles. The zero-order valence-corrected chi connectivity index (χ0v) is 16.7. The van der Waals surface area contributed by atoms with Crippen molar-refractivity contribution in [2.24, 2.45) is 0 Å². The second kappa shape index (κ2) is 7.70. The Morgan fingerprint density at radius 3 is 2.34 bits per heavy atom. The van der Waals surface area contributed by atoms with Crippen LogP contribution < -0.4 is 4.74 Å². The summed E-state index contributed by atoms with van der Waals surface area (Å²) in [6.45, 7) is -0.180. The van der Waals surface area contributed by atoms with Gasteiger partial charge in [0.05, 0.1) is 13.2 Å². The zero-order valence-electron chi connectivity index (χ0n) is 15.9. The number of benzene rings is 2. The molecule has 0 N–H and O–H groups in total. The Labute approximate surface area is 167 Å². The first-order chi connectivity index (χ1) is 13.5. The minimum atomic E-state index is -5.00. The molecule has 1 unspecified atom stereocenters. The second-order valence-corrected chi connectivity index (χ2v) is 8.91. The largest absolute Gasteiger partial charge is 0.495 e. The van der Waals surface area contributed by atoms with Crippen LogP contribution in [0.15, 0.2) is 47.4 Å². The van der Waals surface area contributed by atoms with Crippen LogP contribution >= 0.6 is 0 Å². The fourth-order valence-electron chi connectivity index (χ4n) is 3.61. The Hall–Kier alpha value is -2.55. The zero-order chi connectivity index (χ0) is 21.4. The Bertz CT molecular complexity index is 1020. The minimum absolute atomic E-state index is 0.0226. The number of methoxy groups -OCH3 is 1. The molecule has 0 saturated heterocycles. The number of carbonyl (C=O) groups excluding carboxylic acids is 1. The maximum Gasteiger partial charge on any atom is 0.471 e. The van der Waals surface area contributed by atoms with Crippen LogP contribution in [0, 0.1) is 0 Å². The molecule has 2 aromatic rings. The van der Waals surface area contributed by atoms with Gasteiger partial charge in [0.2, 0.25) is 0 Å². The molecular weight excluding hydrogens is 407 g/mol. The molecule has 3 rings (SSSR count). The van der Waals surface area contributed by atoms with E-state index in [1.165, 1.54) is 13.2 Å². The second-order valence-electron chi connectivity index (χ2n) is 6.92. The highest BCUT2D eigenvalue weighted by molar-refractivity contribution is 7.90. The number of nitrogens with zero attached hydrogens (tertiary/aromatic N) is 1. The summed E-state index contributed by atoms with van der Waals surface area (Å²) < 4.78 is 69.1. The fraction of sp³-hybridized carbons (Fsp3) is 0.350. The van der Waals surface area contributed by atoms with E-state index in [4.69, 9.17) is 4.74 Å². The van der Waals surface area contributed by atoms with Crippen molar-refractivity contribution in [3.05, 3.63) is 59.2 Å². The lowest BCUT2D eigenvalue weighted by molar-refractivity contribution is -0.188. The highest BCUT2D eigenvalue weighted by atomic mass is 32.2. The van der Waals surface area contributed by atoms with Crippen molar-refractivity contribution in [1.82, 2.24) is 4.90 Å². The van der Waals surface area contributed by atoms with Gasteiger partial charge in [-0.1, -0.05) is 30.3 Å². The molecule has 1 atom stereocenters. The number of sulfone groups is 1. The number of hydrogen-bond acceptors (Lipinski definition) is 4. The highest BCUT2D eigenvalue weighted by Crippen LogP contribution is 2.37. The lowest BCUT2D eigenvalue weighted by Crippen LogP contribution is -2.44. The van der Waals surface area contributed by atoms with E-state index in [0.717, 1.165) is 11.2 Å². The van der Waals surface area contributed by atoms with Crippen LogP contribution in [0.4, 0.5) is 13.2 Å². The van der Waals surface area contributed by atoms with Crippen molar-refractivity contribution in [3.63, 3.8) is 0 Å². The molecule has 0 aliphatic carbocycles. The molecule has 1 aliphatic heterocycles. The Morgan fingerprint density at radius 1 is 1.14 bits per heavy atom. The minimum Gasteiger partial charge on any atom is -0.495 e. The van der Waals surface area contributed by atoms with Crippen molar-refractivity contribution in [2.75, 3.05) is 19.9 Å². The quantitative estimate of drug-likeness (QED) is 0.754. The Kier molecular flexibility index (Phi) is 5.62. The third-order valence-electron chi connectivity index (χ3n) is 4.98. The van der Waals surface area contributed by atoms with Gasteiger partial charge in [-0.3, -0.25) is 4.79 Å².